The molecular formula is C15H22N4O4S. The molecule has 8 nitrogen and oxygen atoms in total. The minimum atomic E-state index is -3.79. The van der Waals surface area contributed by atoms with Gasteiger partial charge >= 0.3 is 0 Å². The van der Waals surface area contributed by atoms with Crippen LogP contribution in [0.4, 0.5) is 5.69 Å². The summed E-state index contributed by atoms with van der Waals surface area (Å²) in [6.07, 6.45) is 0. The Morgan fingerprint density at radius 3 is 2.71 bits per heavy atom. The molecule has 9 heteroatoms. The highest BCUT2D eigenvalue weighted by Crippen LogP contribution is 2.20. The fraction of sp³-hybridized carbons (Fsp3) is 0.467. The summed E-state index contributed by atoms with van der Waals surface area (Å²) >= 11 is 0. The maximum atomic E-state index is 12.6. The van der Waals surface area contributed by atoms with E-state index in [0.29, 0.717) is 5.69 Å². The van der Waals surface area contributed by atoms with E-state index in [-0.39, 0.29) is 42.4 Å². The standard InChI is InChI=1S/C15H22N4O4S/c1-10(11(2)16)15(21)18-12-4-3-5-13(8-12)24(22,23)19-7-6-17-14(20)9-19/h3-5,8,10-11H,6-7,9,16H2,1-2H3,(H,17,20)(H,18,21). The van der Waals surface area contributed by atoms with Crippen molar-refractivity contribution in [2.75, 3.05) is 25.0 Å². The van der Waals surface area contributed by atoms with Gasteiger partial charge in [0.2, 0.25) is 21.8 Å². The van der Waals surface area contributed by atoms with Crippen LogP contribution in [0.2, 0.25) is 0 Å². The van der Waals surface area contributed by atoms with Crippen molar-refractivity contribution in [3.8, 4) is 0 Å². The molecule has 132 valence electrons. The summed E-state index contributed by atoms with van der Waals surface area (Å²) in [6, 6.07) is 5.65. The lowest BCUT2D eigenvalue weighted by atomic mass is 10.0. The number of nitrogens with zero attached hydrogens (tertiary/aromatic N) is 1. The van der Waals surface area contributed by atoms with Crippen LogP contribution < -0.4 is 16.4 Å². The Morgan fingerprint density at radius 1 is 1.38 bits per heavy atom. The Kier molecular flexibility index (Phi) is 5.58. The lowest BCUT2D eigenvalue weighted by Crippen LogP contribution is -2.49. The van der Waals surface area contributed by atoms with Crippen LogP contribution in [0.15, 0.2) is 29.2 Å². The van der Waals surface area contributed by atoms with E-state index in [2.05, 4.69) is 10.6 Å². The van der Waals surface area contributed by atoms with Crippen molar-refractivity contribution in [3.05, 3.63) is 24.3 Å². The average Bonchev–Trinajstić information content (AvgIpc) is 2.54. The van der Waals surface area contributed by atoms with Crippen molar-refractivity contribution < 1.29 is 18.0 Å². The lowest BCUT2D eigenvalue weighted by molar-refractivity contribution is -0.122. The van der Waals surface area contributed by atoms with Crippen molar-refractivity contribution in [3.63, 3.8) is 0 Å². The first-order chi connectivity index (χ1) is 11.2. The number of amides is 2. The van der Waals surface area contributed by atoms with Gasteiger partial charge in [-0.1, -0.05) is 13.0 Å². The molecule has 1 aliphatic heterocycles. The van der Waals surface area contributed by atoms with Gasteiger partial charge in [0.25, 0.3) is 0 Å². The van der Waals surface area contributed by atoms with Crippen LogP contribution in [-0.2, 0) is 19.6 Å². The quantitative estimate of drug-likeness (QED) is 0.672. The van der Waals surface area contributed by atoms with Crippen LogP contribution in [-0.4, -0.2) is 50.2 Å². The summed E-state index contributed by atoms with van der Waals surface area (Å²) in [6.45, 7) is 3.72. The van der Waals surface area contributed by atoms with Crippen molar-refractivity contribution in [2.24, 2.45) is 11.7 Å². The van der Waals surface area contributed by atoms with E-state index in [0.717, 1.165) is 4.31 Å². The molecule has 0 aromatic heterocycles. The second-order valence-corrected chi connectivity index (χ2v) is 7.79. The summed E-state index contributed by atoms with van der Waals surface area (Å²) in [5, 5.41) is 5.25. The largest absolute Gasteiger partial charge is 0.354 e. The number of hydrogen-bond donors (Lipinski definition) is 3. The zero-order valence-electron chi connectivity index (χ0n) is 13.7. The Hall–Kier alpha value is -1.97. The highest BCUT2D eigenvalue weighted by atomic mass is 32.2. The van der Waals surface area contributed by atoms with Crippen molar-refractivity contribution >= 4 is 27.5 Å². The maximum absolute atomic E-state index is 12.6. The molecular weight excluding hydrogens is 332 g/mol. The molecule has 0 saturated carbocycles. The summed E-state index contributed by atoms with van der Waals surface area (Å²) in [7, 11) is -3.79. The van der Waals surface area contributed by atoms with E-state index >= 15 is 0 Å². The second-order valence-electron chi connectivity index (χ2n) is 5.85. The number of carbonyl (C=O) groups is 2. The number of rotatable bonds is 5. The number of carbonyl (C=O) groups excluding carboxylic acids is 2. The highest BCUT2D eigenvalue weighted by molar-refractivity contribution is 7.89. The molecule has 2 atom stereocenters. The maximum Gasteiger partial charge on any atom is 0.243 e. The molecule has 1 aliphatic rings. The van der Waals surface area contributed by atoms with Gasteiger partial charge in [-0.3, -0.25) is 9.59 Å². The van der Waals surface area contributed by atoms with E-state index in [1.54, 1.807) is 26.0 Å². The SMILES string of the molecule is CC(N)C(C)C(=O)Nc1cccc(S(=O)(=O)N2CCNC(=O)C2)c1. The zero-order valence-corrected chi connectivity index (χ0v) is 14.5. The first-order valence-corrected chi connectivity index (χ1v) is 9.09. The minimum Gasteiger partial charge on any atom is -0.354 e. The van der Waals surface area contributed by atoms with Crippen LogP contribution >= 0.6 is 0 Å². The molecule has 1 aromatic rings. The third-order valence-corrected chi connectivity index (χ3v) is 5.79. The second kappa shape index (κ2) is 7.29. The number of nitrogens with two attached hydrogens (primary N) is 1. The smallest absolute Gasteiger partial charge is 0.243 e. The van der Waals surface area contributed by atoms with Gasteiger partial charge in [-0.05, 0) is 25.1 Å². The highest BCUT2D eigenvalue weighted by Gasteiger charge is 2.29. The van der Waals surface area contributed by atoms with Crippen LogP contribution in [0.1, 0.15) is 13.8 Å². The van der Waals surface area contributed by atoms with Gasteiger partial charge in [0.1, 0.15) is 0 Å². The molecule has 2 amide bonds. The predicted octanol–water partition coefficient (Wildman–Crippen LogP) is -0.271. The average molecular weight is 354 g/mol. The third kappa shape index (κ3) is 4.11. The van der Waals surface area contributed by atoms with Crippen molar-refractivity contribution in [1.29, 1.82) is 0 Å². The molecule has 0 spiro atoms. The number of anilines is 1. The number of piperazine rings is 1. The topological polar surface area (TPSA) is 122 Å². The number of benzene rings is 1. The van der Waals surface area contributed by atoms with E-state index in [1.807, 2.05) is 0 Å². The zero-order chi connectivity index (χ0) is 17.9. The fourth-order valence-electron chi connectivity index (χ4n) is 2.20. The summed E-state index contributed by atoms with van der Waals surface area (Å²) < 4.78 is 26.4. The fourth-order valence-corrected chi connectivity index (χ4v) is 3.64. The van der Waals surface area contributed by atoms with Gasteiger partial charge in [0.15, 0.2) is 0 Å². The Balaban J connectivity index is 2.20. The normalized spacial score (nSPS) is 18.5. The van der Waals surface area contributed by atoms with Crippen LogP contribution in [0.3, 0.4) is 0 Å². The molecule has 4 N–H and O–H groups in total. The van der Waals surface area contributed by atoms with Crippen LogP contribution in [0.25, 0.3) is 0 Å². The monoisotopic (exact) mass is 354 g/mol. The van der Waals surface area contributed by atoms with E-state index in [4.69, 9.17) is 5.73 Å². The van der Waals surface area contributed by atoms with Gasteiger partial charge in [-0.25, -0.2) is 8.42 Å². The molecule has 24 heavy (non-hydrogen) atoms. The van der Waals surface area contributed by atoms with Gasteiger partial charge in [0, 0.05) is 24.8 Å². The molecule has 0 radical (unpaired) electrons. The van der Waals surface area contributed by atoms with Gasteiger partial charge in [-0.15, -0.1) is 0 Å². The Labute approximate surface area is 141 Å². The Morgan fingerprint density at radius 2 is 2.08 bits per heavy atom. The molecule has 0 aliphatic carbocycles. The Bertz CT molecular complexity index is 733. The van der Waals surface area contributed by atoms with E-state index < -0.39 is 15.9 Å². The van der Waals surface area contributed by atoms with E-state index in [9.17, 15) is 18.0 Å². The lowest BCUT2D eigenvalue weighted by Gasteiger charge is -2.26. The molecule has 1 aromatic carbocycles. The summed E-state index contributed by atoms with van der Waals surface area (Å²) in [4.78, 5) is 23.5. The summed E-state index contributed by atoms with van der Waals surface area (Å²) in [5.41, 5.74) is 6.07. The predicted molar refractivity (Wildman–Crippen MR) is 89.7 cm³/mol. The minimum absolute atomic E-state index is 0.0310. The molecule has 2 rings (SSSR count). The van der Waals surface area contributed by atoms with Crippen LogP contribution in [0.5, 0.6) is 0 Å². The van der Waals surface area contributed by atoms with Gasteiger partial charge in [-0.2, -0.15) is 4.31 Å². The molecule has 1 fully saturated rings. The van der Waals surface area contributed by atoms with Crippen molar-refractivity contribution in [2.45, 2.75) is 24.8 Å². The molecule has 2 unspecified atom stereocenters. The molecule has 1 saturated heterocycles. The first kappa shape index (κ1) is 18.4. The first-order valence-electron chi connectivity index (χ1n) is 7.65. The molecule has 1 heterocycles. The number of hydrogen-bond acceptors (Lipinski definition) is 5. The van der Waals surface area contributed by atoms with E-state index in [1.165, 1.54) is 12.1 Å². The number of nitrogens with one attached hydrogen (secondary N) is 2. The third-order valence-electron chi connectivity index (χ3n) is 3.94. The summed E-state index contributed by atoms with van der Waals surface area (Å²) in [5.74, 6) is -1.02. The van der Waals surface area contributed by atoms with Gasteiger partial charge in [0.05, 0.1) is 17.4 Å². The molecule has 0 bridgehead atoms. The van der Waals surface area contributed by atoms with Crippen molar-refractivity contribution in [1.82, 2.24) is 9.62 Å². The van der Waals surface area contributed by atoms with Crippen LogP contribution in [0, 0.1) is 5.92 Å². The number of sulfonamides is 1. The van der Waals surface area contributed by atoms with Gasteiger partial charge < -0.3 is 16.4 Å².